The fourth-order valence-electron chi connectivity index (χ4n) is 3.70. The van der Waals surface area contributed by atoms with Crippen molar-refractivity contribution >= 4 is 17.7 Å². The monoisotopic (exact) mass is 441 g/mol. The number of fused-ring (bicyclic) bond motifs is 3. The molecule has 2 aliphatic heterocycles. The molecule has 1 fully saturated rings. The highest BCUT2D eigenvalue weighted by molar-refractivity contribution is 6.06. The number of hydrogen-bond acceptors (Lipinski definition) is 6. The van der Waals surface area contributed by atoms with Crippen LogP contribution in [-0.2, 0) is 4.79 Å². The van der Waals surface area contributed by atoms with Gasteiger partial charge in [-0.3, -0.25) is 14.4 Å². The third kappa shape index (κ3) is 3.34. The highest BCUT2D eigenvalue weighted by Crippen LogP contribution is 2.35. The summed E-state index contributed by atoms with van der Waals surface area (Å²) >= 11 is 0. The van der Waals surface area contributed by atoms with E-state index in [1.807, 2.05) is 0 Å². The second-order valence-corrected chi connectivity index (χ2v) is 7.51. The minimum atomic E-state index is -1.79. The van der Waals surface area contributed by atoms with Crippen LogP contribution in [0, 0.1) is 11.8 Å². The normalized spacial score (nSPS) is 21.6. The number of nitrogens with one attached hydrogen (secondary N) is 1. The minimum absolute atomic E-state index is 0.173. The predicted molar refractivity (Wildman–Crippen MR) is 109 cm³/mol. The molecule has 2 aliphatic rings. The summed E-state index contributed by atoms with van der Waals surface area (Å²) in [5.41, 5.74) is 3.38. The summed E-state index contributed by atoms with van der Waals surface area (Å²) in [5, 5.41) is 17.0. The molecule has 0 bridgehead atoms. The number of alkyl halides is 1. The number of ether oxygens (including phenoxy) is 1. The van der Waals surface area contributed by atoms with Gasteiger partial charge in [-0.2, -0.15) is 5.10 Å². The number of nitrogens with zero attached hydrogens (tertiary/aromatic N) is 3. The molecule has 1 aromatic carbocycles. The lowest BCUT2D eigenvalue weighted by Crippen LogP contribution is -2.37. The van der Waals surface area contributed by atoms with Crippen molar-refractivity contribution in [2.45, 2.75) is 18.2 Å². The third-order valence-corrected chi connectivity index (χ3v) is 5.40. The summed E-state index contributed by atoms with van der Waals surface area (Å²) in [4.78, 5) is 37.8. The lowest BCUT2D eigenvalue weighted by atomic mass is 10.0. The van der Waals surface area contributed by atoms with E-state index in [0.29, 0.717) is 12.1 Å². The second-order valence-electron chi connectivity index (χ2n) is 7.51. The van der Waals surface area contributed by atoms with Gasteiger partial charge < -0.3 is 25.8 Å². The fourth-order valence-corrected chi connectivity index (χ4v) is 3.70. The first-order chi connectivity index (χ1) is 15.2. The van der Waals surface area contributed by atoms with Gasteiger partial charge in [0.25, 0.3) is 17.7 Å². The van der Waals surface area contributed by atoms with E-state index in [4.69, 9.17) is 10.5 Å². The molecule has 2 atom stereocenters. The van der Waals surface area contributed by atoms with Crippen LogP contribution in [-0.4, -0.2) is 70.4 Å². The van der Waals surface area contributed by atoms with E-state index in [1.165, 1.54) is 24.1 Å². The molecule has 166 valence electrons. The van der Waals surface area contributed by atoms with Gasteiger partial charge in [0.2, 0.25) is 5.60 Å². The summed E-state index contributed by atoms with van der Waals surface area (Å²) in [6.45, 7) is -0.0265. The standard InChI is InChI=1S/C21H20FN5O5/c1-24-19(29)15-16(18(23)28)25-27-13-9-11(3-4-14(13)32-10-12(22)17(15)27)5-6-21(31)7-8-26(2)20(21)30/h3-4,9,12,31H,7-8,10H2,1-2H3,(H2,23,28)(H,24,29)/t12-,21+/m1/s1. The Balaban J connectivity index is 1.85. The van der Waals surface area contributed by atoms with Crippen molar-refractivity contribution in [3.63, 3.8) is 0 Å². The quantitative estimate of drug-likeness (QED) is 0.546. The van der Waals surface area contributed by atoms with Crippen molar-refractivity contribution in [1.82, 2.24) is 20.0 Å². The van der Waals surface area contributed by atoms with Crippen molar-refractivity contribution < 1.29 is 28.6 Å². The van der Waals surface area contributed by atoms with Crippen molar-refractivity contribution in [3.05, 3.63) is 40.7 Å². The van der Waals surface area contributed by atoms with Gasteiger partial charge in [0.1, 0.15) is 18.0 Å². The average Bonchev–Trinajstić information content (AvgIpc) is 3.26. The van der Waals surface area contributed by atoms with Crippen molar-refractivity contribution in [2.75, 3.05) is 27.2 Å². The van der Waals surface area contributed by atoms with Crippen molar-refractivity contribution in [2.24, 2.45) is 5.73 Å². The van der Waals surface area contributed by atoms with Crippen molar-refractivity contribution in [1.29, 1.82) is 0 Å². The van der Waals surface area contributed by atoms with Crippen LogP contribution < -0.4 is 15.8 Å². The molecular weight excluding hydrogens is 421 g/mol. The second kappa shape index (κ2) is 7.65. The van der Waals surface area contributed by atoms with Gasteiger partial charge in [-0.25, -0.2) is 9.07 Å². The molecule has 4 rings (SSSR count). The first kappa shape index (κ1) is 21.3. The van der Waals surface area contributed by atoms with Gasteiger partial charge in [-0.15, -0.1) is 0 Å². The summed E-state index contributed by atoms with van der Waals surface area (Å²) in [6.07, 6.45) is -1.59. The van der Waals surface area contributed by atoms with E-state index in [-0.39, 0.29) is 34.8 Å². The third-order valence-electron chi connectivity index (χ3n) is 5.40. The number of rotatable bonds is 2. The number of benzene rings is 1. The maximum absolute atomic E-state index is 15.0. The molecule has 0 saturated carbocycles. The molecular formula is C21H20FN5O5. The lowest BCUT2D eigenvalue weighted by Gasteiger charge is -2.13. The Morgan fingerprint density at radius 3 is 2.81 bits per heavy atom. The van der Waals surface area contributed by atoms with Crippen LogP contribution in [0.1, 0.15) is 44.7 Å². The highest BCUT2D eigenvalue weighted by atomic mass is 19.1. The molecule has 0 radical (unpaired) electrons. The zero-order valence-corrected chi connectivity index (χ0v) is 17.3. The predicted octanol–water partition coefficient (Wildman–Crippen LogP) is -0.322. The van der Waals surface area contributed by atoms with Gasteiger partial charge in [0.15, 0.2) is 11.9 Å². The Morgan fingerprint density at radius 2 is 2.19 bits per heavy atom. The summed E-state index contributed by atoms with van der Waals surface area (Å²) in [6, 6.07) is 4.61. The molecule has 11 heteroatoms. The van der Waals surface area contributed by atoms with Crippen LogP contribution in [0.4, 0.5) is 4.39 Å². The summed E-state index contributed by atoms with van der Waals surface area (Å²) in [5.74, 6) is 3.42. The van der Waals surface area contributed by atoms with Gasteiger partial charge in [-0.05, 0) is 18.2 Å². The van der Waals surface area contributed by atoms with Crippen molar-refractivity contribution in [3.8, 4) is 23.3 Å². The molecule has 1 saturated heterocycles. The fraction of sp³-hybridized carbons (Fsp3) is 0.333. The van der Waals surface area contributed by atoms with Crippen LogP contribution in [0.5, 0.6) is 5.75 Å². The molecule has 0 aliphatic carbocycles. The van der Waals surface area contributed by atoms with Gasteiger partial charge >= 0.3 is 0 Å². The van der Waals surface area contributed by atoms with Crippen LogP contribution in [0.25, 0.3) is 5.69 Å². The number of carbonyl (C=O) groups is 3. The Bertz CT molecular complexity index is 1210. The Labute approximate surface area is 182 Å². The van der Waals surface area contributed by atoms with Crippen LogP contribution in [0.2, 0.25) is 0 Å². The molecule has 0 unspecified atom stereocenters. The van der Waals surface area contributed by atoms with E-state index < -0.39 is 36.1 Å². The number of aliphatic hydroxyl groups is 1. The number of likely N-dealkylation sites (N-methyl/N-ethyl adjacent to an activating group) is 1. The number of primary amides is 1. The Morgan fingerprint density at radius 1 is 1.44 bits per heavy atom. The summed E-state index contributed by atoms with van der Waals surface area (Å²) < 4.78 is 21.6. The largest absolute Gasteiger partial charge is 0.488 e. The number of aromatic nitrogens is 2. The molecule has 10 nitrogen and oxygen atoms in total. The molecule has 3 amide bonds. The lowest BCUT2D eigenvalue weighted by molar-refractivity contribution is -0.137. The van der Waals surface area contributed by atoms with Crippen LogP contribution in [0.3, 0.4) is 0 Å². The highest BCUT2D eigenvalue weighted by Gasteiger charge is 2.42. The molecule has 1 aromatic heterocycles. The number of amides is 3. The Kier molecular flexibility index (Phi) is 5.10. The molecule has 2 aromatic rings. The van der Waals surface area contributed by atoms with E-state index in [1.54, 1.807) is 13.1 Å². The first-order valence-corrected chi connectivity index (χ1v) is 9.73. The average molecular weight is 441 g/mol. The van der Waals surface area contributed by atoms with E-state index in [2.05, 4.69) is 22.3 Å². The van der Waals surface area contributed by atoms with Gasteiger partial charge in [-0.1, -0.05) is 11.8 Å². The number of nitrogens with two attached hydrogens (primary N) is 1. The van der Waals surface area contributed by atoms with E-state index in [0.717, 1.165) is 4.68 Å². The number of carbonyl (C=O) groups excluding carboxylic acids is 3. The molecule has 32 heavy (non-hydrogen) atoms. The smallest absolute Gasteiger partial charge is 0.270 e. The van der Waals surface area contributed by atoms with E-state index in [9.17, 15) is 23.9 Å². The Hall–Kier alpha value is -3.91. The molecule has 3 heterocycles. The zero-order chi connectivity index (χ0) is 23.2. The summed E-state index contributed by atoms with van der Waals surface area (Å²) in [7, 11) is 2.92. The SMILES string of the molecule is CNC(=O)c1c(C(N)=O)nn2c1[C@H](F)COc1ccc(C#C[C@]3(O)CCN(C)C3=O)cc1-2. The van der Waals surface area contributed by atoms with Gasteiger partial charge in [0, 0.05) is 32.6 Å². The topological polar surface area (TPSA) is 140 Å². The first-order valence-electron chi connectivity index (χ1n) is 9.73. The number of hydrogen-bond donors (Lipinski definition) is 3. The van der Waals surface area contributed by atoms with Crippen LogP contribution >= 0.6 is 0 Å². The van der Waals surface area contributed by atoms with E-state index >= 15 is 0 Å². The number of likely N-dealkylation sites (tertiary alicyclic amines) is 1. The maximum atomic E-state index is 15.0. The van der Waals surface area contributed by atoms with Crippen LogP contribution in [0.15, 0.2) is 18.2 Å². The number of halogens is 1. The molecule has 4 N–H and O–H groups in total. The minimum Gasteiger partial charge on any atom is -0.488 e. The maximum Gasteiger partial charge on any atom is 0.270 e. The molecule has 0 spiro atoms. The van der Waals surface area contributed by atoms with Gasteiger partial charge in [0.05, 0.1) is 11.3 Å². The zero-order valence-electron chi connectivity index (χ0n) is 17.3.